The van der Waals surface area contributed by atoms with Crippen molar-refractivity contribution in [2.24, 2.45) is 29.1 Å². The quantitative estimate of drug-likeness (QED) is 0.242. The van der Waals surface area contributed by atoms with Crippen molar-refractivity contribution < 1.29 is 34.1 Å². The normalized spacial score (nSPS) is 30.0. The van der Waals surface area contributed by atoms with Crippen LogP contribution in [0.3, 0.4) is 0 Å². The first-order valence-corrected chi connectivity index (χ1v) is 15.7. The van der Waals surface area contributed by atoms with Gasteiger partial charge < -0.3 is 29.9 Å². The van der Waals surface area contributed by atoms with Gasteiger partial charge in [0.1, 0.15) is 18.5 Å². The molecule has 6 rings (SSSR count). The summed E-state index contributed by atoms with van der Waals surface area (Å²) in [5, 5.41) is 23.8. The lowest BCUT2D eigenvalue weighted by Gasteiger charge is -2.61. The lowest BCUT2D eigenvalue weighted by molar-refractivity contribution is -0.149. The maximum atomic E-state index is 13.8. The van der Waals surface area contributed by atoms with Crippen molar-refractivity contribution >= 4 is 40.7 Å². The number of aldehydes is 1. The van der Waals surface area contributed by atoms with Crippen LogP contribution in [0.2, 0.25) is 0 Å². The Kier molecular flexibility index (Phi) is 9.01. The van der Waals surface area contributed by atoms with Crippen LogP contribution in [-0.2, 0) is 9.59 Å². The summed E-state index contributed by atoms with van der Waals surface area (Å²) in [4.78, 5) is 40.2. The van der Waals surface area contributed by atoms with Crippen molar-refractivity contribution in [3.8, 4) is 11.5 Å². The summed E-state index contributed by atoms with van der Waals surface area (Å²) in [6.45, 7) is 5.13. The van der Waals surface area contributed by atoms with E-state index < -0.39 is 18.2 Å². The molecule has 2 amide bonds. The van der Waals surface area contributed by atoms with Crippen LogP contribution in [0.15, 0.2) is 23.8 Å². The predicted octanol–water partition coefficient (Wildman–Crippen LogP) is 3.34. The molecule has 10 heteroatoms. The van der Waals surface area contributed by atoms with Gasteiger partial charge in [-0.05, 0) is 96.1 Å². The van der Waals surface area contributed by atoms with E-state index in [-0.39, 0.29) is 42.7 Å². The fourth-order valence-corrected chi connectivity index (χ4v) is 7.98. The molecule has 0 saturated heterocycles. The number of hydrogen-bond acceptors (Lipinski definition) is 7. The first-order valence-electron chi connectivity index (χ1n) is 14.7. The fraction of sp³-hybridized carbons (Fsp3) is 0.645. The highest BCUT2D eigenvalue weighted by Gasteiger charge is 2.55. The van der Waals surface area contributed by atoms with Gasteiger partial charge in [-0.25, -0.2) is 0 Å². The number of ether oxygens (including phenoxy) is 2. The number of halogens is 1. The van der Waals surface area contributed by atoms with E-state index in [1.165, 1.54) is 13.5 Å². The number of carbonyl (C=O) groups excluding carboxylic acids is 3. The van der Waals surface area contributed by atoms with Gasteiger partial charge in [-0.3, -0.25) is 14.4 Å². The number of amides is 2. The van der Waals surface area contributed by atoms with Crippen molar-refractivity contribution in [3.63, 3.8) is 0 Å². The van der Waals surface area contributed by atoms with Crippen LogP contribution in [0.25, 0.3) is 0 Å². The number of aliphatic hydroxyl groups is 2. The van der Waals surface area contributed by atoms with E-state index in [1.807, 2.05) is 4.90 Å². The van der Waals surface area contributed by atoms with Crippen LogP contribution >= 0.6 is 22.6 Å². The maximum Gasteiger partial charge on any atom is 0.247 e. The van der Waals surface area contributed by atoms with Crippen LogP contribution in [0, 0.1) is 32.7 Å². The molecule has 0 heterocycles. The molecule has 5 aliphatic carbocycles. The lowest BCUT2D eigenvalue weighted by atomic mass is 9.45. The molecule has 6 atom stereocenters. The summed E-state index contributed by atoms with van der Waals surface area (Å²) in [5.41, 5.74) is 1.08. The average Bonchev–Trinajstić information content (AvgIpc) is 3.82. The van der Waals surface area contributed by atoms with Gasteiger partial charge in [-0.2, -0.15) is 0 Å². The standard InChI is InChI=1S/C31H41IN2O7/c1-31(2)21-7-6-19(22(31)14-21)15-34(30(39)18-4-5-18)24-12-20(29(38)33-8-9-35)13-25(27(24)37)41-28-23(32)10-17(16-36)11-26(28)40-3/h10-11,13,16,18-19,21-22,24-25,27,35,37H,4-9,12,14-15H2,1-3H3,(H,33,38). The van der Waals surface area contributed by atoms with Crippen LogP contribution in [0.5, 0.6) is 11.5 Å². The van der Waals surface area contributed by atoms with E-state index in [0.29, 0.717) is 44.6 Å². The molecule has 224 valence electrons. The third kappa shape index (κ3) is 6.01. The summed E-state index contributed by atoms with van der Waals surface area (Å²) in [7, 11) is 1.48. The molecule has 4 fully saturated rings. The maximum absolute atomic E-state index is 13.8. The van der Waals surface area contributed by atoms with Gasteiger partial charge in [-0.15, -0.1) is 0 Å². The summed E-state index contributed by atoms with van der Waals surface area (Å²) in [6, 6.07) is 2.58. The lowest BCUT2D eigenvalue weighted by Crippen LogP contribution is -2.59. The third-order valence-corrected chi connectivity index (χ3v) is 10.7. The number of nitrogens with zero attached hydrogens (tertiary/aromatic N) is 1. The van der Waals surface area contributed by atoms with Gasteiger partial charge in [0.15, 0.2) is 11.5 Å². The minimum atomic E-state index is -1.09. The van der Waals surface area contributed by atoms with E-state index in [0.717, 1.165) is 37.9 Å². The highest BCUT2D eigenvalue weighted by molar-refractivity contribution is 14.1. The summed E-state index contributed by atoms with van der Waals surface area (Å²) in [6.07, 6.45) is 5.58. The second-order valence-electron chi connectivity index (χ2n) is 12.6. The van der Waals surface area contributed by atoms with Gasteiger partial charge in [0, 0.05) is 36.6 Å². The minimum absolute atomic E-state index is 0.0400. The van der Waals surface area contributed by atoms with E-state index in [1.54, 1.807) is 18.2 Å². The molecule has 0 aromatic heterocycles. The molecule has 0 aliphatic heterocycles. The second-order valence-corrected chi connectivity index (χ2v) is 13.8. The molecule has 0 radical (unpaired) electrons. The Balaban J connectivity index is 1.47. The molecule has 1 aromatic carbocycles. The number of rotatable bonds is 11. The third-order valence-electron chi connectivity index (χ3n) is 9.90. The van der Waals surface area contributed by atoms with Crippen LogP contribution in [-0.4, -0.2) is 78.3 Å². The summed E-state index contributed by atoms with van der Waals surface area (Å²) >= 11 is 2.05. The van der Waals surface area contributed by atoms with Crippen molar-refractivity contribution in [3.05, 3.63) is 32.9 Å². The smallest absolute Gasteiger partial charge is 0.247 e. The first kappa shape index (κ1) is 30.3. The molecule has 4 saturated carbocycles. The molecule has 41 heavy (non-hydrogen) atoms. The molecular formula is C31H41IN2O7. The molecule has 9 nitrogen and oxygen atoms in total. The minimum Gasteiger partial charge on any atom is -0.493 e. The molecule has 0 spiro atoms. The van der Waals surface area contributed by atoms with Gasteiger partial charge in [0.25, 0.3) is 0 Å². The van der Waals surface area contributed by atoms with Gasteiger partial charge in [0.2, 0.25) is 11.8 Å². The molecule has 3 N–H and O–H groups in total. The van der Waals surface area contributed by atoms with E-state index >= 15 is 0 Å². The Hall–Kier alpha value is -2.18. The van der Waals surface area contributed by atoms with Crippen LogP contribution in [0.1, 0.15) is 62.7 Å². The van der Waals surface area contributed by atoms with Gasteiger partial charge in [0.05, 0.1) is 23.3 Å². The van der Waals surface area contributed by atoms with E-state index in [9.17, 15) is 24.6 Å². The molecule has 6 unspecified atom stereocenters. The number of carbonyl (C=O) groups is 3. The van der Waals surface area contributed by atoms with Crippen molar-refractivity contribution in [2.45, 2.75) is 70.6 Å². The second kappa shape index (κ2) is 12.2. The molecule has 2 bridgehead atoms. The van der Waals surface area contributed by atoms with E-state index in [2.05, 4.69) is 41.8 Å². The Morgan fingerprint density at radius 2 is 1.98 bits per heavy atom. The van der Waals surface area contributed by atoms with Gasteiger partial charge in [-0.1, -0.05) is 13.8 Å². The number of hydrogen-bond donors (Lipinski definition) is 3. The van der Waals surface area contributed by atoms with Crippen molar-refractivity contribution in [1.29, 1.82) is 0 Å². The Bertz CT molecular complexity index is 1210. The Morgan fingerprint density at radius 3 is 2.59 bits per heavy atom. The highest BCUT2D eigenvalue weighted by atomic mass is 127. The Labute approximate surface area is 255 Å². The highest BCUT2D eigenvalue weighted by Crippen LogP contribution is 2.61. The molecular weight excluding hydrogens is 639 g/mol. The van der Waals surface area contributed by atoms with E-state index in [4.69, 9.17) is 9.47 Å². The monoisotopic (exact) mass is 680 g/mol. The molecule has 1 aromatic rings. The zero-order chi connectivity index (χ0) is 29.5. The molecule has 5 aliphatic rings. The summed E-state index contributed by atoms with van der Waals surface area (Å²) < 4.78 is 12.5. The Morgan fingerprint density at radius 1 is 1.22 bits per heavy atom. The zero-order valence-corrected chi connectivity index (χ0v) is 26.1. The van der Waals surface area contributed by atoms with Gasteiger partial charge >= 0.3 is 0 Å². The van der Waals surface area contributed by atoms with Crippen molar-refractivity contribution in [1.82, 2.24) is 10.2 Å². The largest absolute Gasteiger partial charge is 0.493 e. The number of fused-ring (bicyclic) bond motifs is 2. The summed E-state index contributed by atoms with van der Waals surface area (Å²) in [5.74, 6) is 1.96. The number of benzene rings is 1. The predicted molar refractivity (Wildman–Crippen MR) is 161 cm³/mol. The average molecular weight is 681 g/mol. The van der Waals surface area contributed by atoms with Crippen molar-refractivity contribution in [2.75, 3.05) is 26.8 Å². The van der Waals surface area contributed by atoms with Crippen LogP contribution < -0.4 is 14.8 Å². The number of aliphatic hydroxyl groups excluding tert-OH is 2. The topological polar surface area (TPSA) is 125 Å². The SMILES string of the molecule is COc1cc(C=O)cc(I)c1OC1C=C(C(=O)NCCO)CC(N(CC2CCC3CC2C3(C)C)C(=O)C2CC2)C1O. The fourth-order valence-electron chi connectivity index (χ4n) is 7.23. The zero-order valence-electron chi connectivity index (χ0n) is 24.0. The van der Waals surface area contributed by atoms with Crippen LogP contribution in [0.4, 0.5) is 0 Å². The number of nitrogens with one attached hydrogen (secondary N) is 1. The number of methoxy groups -OCH3 is 1. The first-order chi connectivity index (χ1) is 19.6.